The van der Waals surface area contributed by atoms with Crippen LogP contribution >= 0.6 is 0 Å². The minimum absolute atomic E-state index is 0.137. The quantitative estimate of drug-likeness (QED) is 0.454. The van der Waals surface area contributed by atoms with Gasteiger partial charge in [-0.25, -0.2) is 9.37 Å². The van der Waals surface area contributed by atoms with Gasteiger partial charge in [0.2, 0.25) is 0 Å². The average molecular weight is 420 g/mol. The molecule has 0 saturated carbocycles. The number of aromatic nitrogens is 2. The van der Waals surface area contributed by atoms with Crippen molar-refractivity contribution in [1.29, 1.82) is 0 Å². The Kier molecular flexibility index (Phi) is 4.77. The first-order chi connectivity index (χ1) is 15.0. The van der Waals surface area contributed by atoms with Crippen LogP contribution in [0.4, 0.5) is 4.39 Å². The zero-order valence-corrected chi connectivity index (χ0v) is 18.0. The summed E-state index contributed by atoms with van der Waals surface area (Å²) in [7, 11) is 1.55. The molecule has 1 atom stereocenters. The van der Waals surface area contributed by atoms with Crippen LogP contribution in [0.15, 0.2) is 16.9 Å². The van der Waals surface area contributed by atoms with Crippen LogP contribution in [0.25, 0.3) is 22.3 Å². The van der Waals surface area contributed by atoms with E-state index in [0.717, 1.165) is 47.8 Å². The van der Waals surface area contributed by atoms with Gasteiger partial charge < -0.3 is 14.1 Å². The minimum atomic E-state index is -0.377. The second-order valence-electron chi connectivity index (χ2n) is 8.57. The summed E-state index contributed by atoms with van der Waals surface area (Å²) in [5.41, 5.74) is 7.17. The predicted molar refractivity (Wildman–Crippen MR) is 117 cm³/mol. The molecule has 0 unspecified atom stereocenters. The largest absolute Gasteiger partial charge is 0.380 e. The Morgan fingerprint density at radius 1 is 1.26 bits per heavy atom. The molecule has 0 spiro atoms. The zero-order chi connectivity index (χ0) is 21.9. The van der Waals surface area contributed by atoms with Crippen LogP contribution in [0.3, 0.4) is 0 Å². The summed E-state index contributed by atoms with van der Waals surface area (Å²) in [6, 6.07) is 3.44. The molecule has 0 N–H and O–H groups in total. The summed E-state index contributed by atoms with van der Waals surface area (Å²) in [6.45, 7) is 4.37. The van der Waals surface area contributed by atoms with Crippen molar-refractivity contribution in [2.45, 2.75) is 58.6 Å². The van der Waals surface area contributed by atoms with E-state index in [1.165, 1.54) is 11.6 Å². The number of halogens is 1. The number of carbonyl (C=O) groups is 1. The second kappa shape index (κ2) is 7.38. The fourth-order valence-corrected chi connectivity index (χ4v) is 5.33. The molecule has 2 aromatic heterocycles. The van der Waals surface area contributed by atoms with Gasteiger partial charge in [-0.15, -0.1) is 0 Å². The fraction of sp³-hybridized carbons (Fsp3) is 0.400. The third-order valence-corrected chi connectivity index (χ3v) is 6.96. The molecule has 0 saturated heterocycles. The molecule has 0 fully saturated rings. The van der Waals surface area contributed by atoms with E-state index in [0.29, 0.717) is 40.9 Å². The first-order valence-electron chi connectivity index (χ1n) is 10.8. The third-order valence-electron chi connectivity index (χ3n) is 6.96. The van der Waals surface area contributed by atoms with E-state index in [-0.39, 0.29) is 23.9 Å². The highest BCUT2D eigenvalue weighted by Gasteiger charge is 2.31. The van der Waals surface area contributed by atoms with Crippen LogP contribution in [-0.4, -0.2) is 22.9 Å². The number of methoxy groups -OCH3 is 1. The van der Waals surface area contributed by atoms with Crippen molar-refractivity contribution >= 4 is 17.2 Å². The van der Waals surface area contributed by atoms with Gasteiger partial charge in [-0.05, 0) is 60.9 Å². The van der Waals surface area contributed by atoms with Crippen molar-refractivity contribution in [2.24, 2.45) is 0 Å². The van der Waals surface area contributed by atoms with Crippen molar-refractivity contribution in [3.05, 3.63) is 61.7 Å². The van der Waals surface area contributed by atoms with E-state index in [1.54, 1.807) is 11.7 Å². The summed E-state index contributed by atoms with van der Waals surface area (Å²) >= 11 is 0. The normalized spacial score (nSPS) is 15.1. The molecule has 3 heterocycles. The highest BCUT2D eigenvalue weighted by atomic mass is 19.1. The number of benzene rings is 1. The average Bonchev–Trinajstić information content (AvgIpc) is 3.14. The van der Waals surface area contributed by atoms with Gasteiger partial charge in [0.1, 0.15) is 12.1 Å². The fourth-order valence-electron chi connectivity index (χ4n) is 5.33. The number of fused-ring (bicyclic) bond motifs is 4. The number of ether oxygens (including phenoxy) is 1. The molecule has 31 heavy (non-hydrogen) atoms. The molecule has 3 aromatic rings. The van der Waals surface area contributed by atoms with Crippen molar-refractivity contribution in [3.63, 3.8) is 0 Å². The zero-order valence-electron chi connectivity index (χ0n) is 18.0. The number of rotatable bonds is 5. The lowest BCUT2D eigenvalue weighted by Crippen LogP contribution is -2.26. The Morgan fingerprint density at radius 2 is 2.03 bits per heavy atom. The summed E-state index contributed by atoms with van der Waals surface area (Å²) < 4.78 is 21.6. The number of nitrogens with zero attached hydrogens (tertiary/aromatic N) is 2. The lowest BCUT2D eigenvalue weighted by Gasteiger charge is -2.21. The van der Waals surface area contributed by atoms with Crippen LogP contribution in [0, 0.1) is 12.7 Å². The SMILES string of the molecule is CC[C@@H](C=O)c1cc2n(c(=O)c1COC)Cc1c-2nc2cc(F)c(C)c3c2c1CCC3. The molecular formula is C25H25FN2O3. The van der Waals surface area contributed by atoms with E-state index in [9.17, 15) is 14.0 Å². The molecule has 160 valence electrons. The van der Waals surface area contributed by atoms with Crippen molar-refractivity contribution in [3.8, 4) is 11.4 Å². The van der Waals surface area contributed by atoms with Crippen LogP contribution in [-0.2, 0) is 35.5 Å². The first-order valence-corrected chi connectivity index (χ1v) is 10.8. The van der Waals surface area contributed by atoms with Gasteiger partial charge in [-0.1, -0.05) is 6.92 Å². The van der Waals surface area contributed by atoms with E-state index >= 15 is 0 Å². The number of hydrogen-bond donors (Lipinski definition) is 0. The van der Waals surface area contributed by atoms with Crippen LogP contribution in [0.1, 0.15) is 59.1 Å². The summed E-state index contributed by atoms with van der Waals surface area (Å²) in [5.74, 6) is -0.611. The van der Waals surface area contributed by atoms with E-state index in [1.807, 2.05) is 19.9 Å². The number of hydrogen-bond acceptors (Lipinski definition) is 4. The molecule has 5 nitrogen and oxygen atoms in total. The maximum absolute atomic E-state index is 14.6. The molecule has 0 radical (unpaired) electrons. The minimum Gasteiger partial charge on any atom is -0.380 e. The molecule has 0 amide bonds. The van der Waals surface area contributed by atoms with Crippen molar-refractivity contribution in [1.82, 2.24) is 9.55 Å². The van der Waals surface area contributed by atoms with E-state index in [2.05, 4.69) is 0 Å². The molecule has 5 rings (SSSR count). The molecule has 1 aliphatic carbocycles. The van der Waals surface area contributed by atoms with Gasteiger partial charge >= 0.3 is 0 Å². The Hall–Kier alpha value is -2.86. The topological polar surface area (TPSA) is 61.2 Å². The van der Waals surface area contributed by atoms with Crippen molar-refractivity contribution < 1.29 is 13.9 Å². The van der Waals surface area contributed by atoms with Crippen LogP contribution in [0.5, 0.6) is 0 Å². The van der Waals surface area contributed by atoms with E-state index < -0.39 is 0 Å². The molecular weight excluding hydrogens is 395 g/mol. The number of carbonyl (C=O) groups excluding carboxylic acids is 1. The lowest BCUT2D eigenvalue weighted by molar-refractivity contribution is -0.109. The summed E-state index contributed by atoms with van der Waals surface area (Å²) in [4.78, 5) is 30.0. The molecule has 6 heteroatoms. The number of pyridine rings is 2. The highest BCUT2D eigenvalue weighted by Crippen LogP contribution is 2.41. The number of aryl methyl sites for hydroxylation is 2. The standard InChI is InChI=1S/C25H25FN2O3/c1-4-14(11-29)17-8-22-24-18(10-28(22)25(30)19(17)12-31-3)16-7-5-6-15-13(2)20(26)9-21(27-24)23(15)16/h8-9,11,14H,4-7,10,12H2,1-3H3/t14-/m0/s1. The van der Waals surface area contributed by atoms with Crippen LogP contribution in [0.2, 0.25) is 0 Å². The smallest absolute Gasteiger partial charge is 0.257 e. The first kappa shape index (κ1) is 20.1. The van der Waals surface area contributed by atoms with Gasteiger partial charge in [0.05, 0.1) is 30.1 Å². The second-order valence-corrected chi connectivity index (χ2v) is 8.57. The Balaban J connectivity index is 1.83. The van der Waals surface area contributed by atoms with Crippen LogP contribution < -0.4 is 5.56 Å². The van der Waals surface area contributed by atoms with E-state index in [4.69, 9.17) is 9.72 Å². The molecule has 1 aliphatic heterocycles. The van der Waals surface area contributed by atoms with Gasteiger partial charge in [-0.2, -0.15) is 0 Å². The van der Waals surface area contributed by atoms with Gasteiger partial charge in [0.15, 0.2) is 0 Å². The maximum atomic E-state index is 14.6. The molecule has 2 aliphatic rings. The Labute approximate surface area is 179 Å². The summed E-state index contributed by atoms with van der Waals surface area (Å²) in [6.07, 6.45) is 4.19. The lowest BCUT2D eigenvalue weighted by atomic mass is 9.85. The molecule has 0 bridgehead atoms. The Morgan fingerprint density at radius 3 is 2.74 bits per heavy atom. The Bertz CT molecular complexity index is 1310. The molecule has 1 aromatic carbocycles. The third kappa shape index (κ3) is 2.81. The highest BCUT2D eigenvalue weighted by molar-refractivity contribution is 5.92. The van der Waals surface area contributed by atoms with Crippen molar-refractivity contribution in [2.75, 3.05) is 7.11 Å². The monoisotopic (exact) mass is 420 g/mol. The van der Waals surface area contributed by atoms with Gasteiger partial charge in [0, 0.05) is 35.6 Å². The maximum Gasteiger partial charge on any atom is 0.257 e. The predicted octanol–water partition coefficient (Wildman–Crippen LogP) is 4.20. The van der Waals surface area contributed by atoms with Gasteiger partial charge in [-0.3, -0.25) is 4.79 Å². The van der Waals surface area contributed by atoms with Gasteiger partial charge in [0.25, 0.3) is 5.56 Å². The summed E-state index contributed by atoms with van der Waals surface area (Å²) in [5, 5.41) is 1.06. The number of aldehydes is 1.